The molecule has 0 unspecified atom stereocenters. The van der Waals surface area contributed by atoms with Gasteiger partial charge in [-0.25, -0.2) is 0 Å². The van der Waals surface area contributed by atoms with Crippen molar-refractivity contribution in [3.05, 3.63) is 46.5 Å². The molecule has 0 aliphatic carbocycles. The second kappa shape index (κ2) is 4.55. The average Bonchev–Trinajstić information content (AvgIpc) is 2.65. The lowest BCUT2D eigenvalue weighted by atomic mass is 10.2. The van der Waals surface area contributed by atoms with Gasteiger partial charge in [0.2, 0.25) is 0 Å². The first-order valence-corrected chi connectivity index (χ1v) is 5.39. The molecule has 0 amide bonds. The van der Waals surface area contributed by atoms with Crippen LogP contribution in [0.4, 0.5) is 0 Å². The Balaban J connectivity index is 2.11. The predicted octanol–water partition coefficient (Wildman–Crippen LogP) is 1.55. The van der Waals surface area contributed by atoms with Crippen LogP contribution in [0.1, 0.15) is 11.3 Å². The summed E-state index contributed by atoms with van der Waals surface area (Å²) in [6.07, 6.45) is 5.47. The van der Waals surface area contributed by atoms with Gasteiger partial charge in [0, 0.05) is 18.9 Å². The van der Waals surface area contributed by atoms with Gasteiger partial charge >= 0.3 is 0 Å². The fourth-order valence-electron chi connectivity index (χ4n) is 1.26. The second-order valence-electron chi connectivity index (χ2n) is 3.22. The summed E-state index contributed by atoms with van der Waals surface area (Å²) in [4.78, 5) is 4.30. The van der Waals surface area contributed by atoms with Crippen LogP contribution in [0.2, 0.25) is 0 Å². The van der Waals surface area contributed by atoms with Crippen LogP contribution in [0.15, 0.2) is 35.2 Å². The zero-order valence-electron chi connectivity index (χ0n) is 8.10. The third kappa shape index (κ3) is 2.64. The summed E-state index contributed by atoms with van der Waals surface area (Å²) >= 11 is 3.35. The molecule has 2 N–H and O–H groups in total. The molecule has 0 aliphatic rings. The van der Waals surface area contributed by atoms with Crippen molar-refractivity contribution in [2.45, 2.75) is 13.1 Å². The molecule has 0 atom stereocenters. The van der Waals surface area contributed by atoms with Crippen LogP contribution in [0.3, 0.4) is 0 Å². The molecule has 2 rings (SSSR count). The molecule has 4 nitrogen and oxygen atoms in total. The highest BCUT2D eigenvalue weighted by molar-refractivity contribution is 9.10. The molecule has 0 aliphatic heterocycles. The molecule has 2 aromatic heterocycles. The Bertz CT molecular complexity index is 435. The van der Waals surface area contributed by atoms with Crippen LogP contribution < -0.4 is 5.73 Å². The van der Waals surface area contributed by atoms with Gasteiger partial charge in [-0.3, -0.25) is 9.67 Å². The maximum absolute atomic E-state index is 5.49. The first-order valence-electron chi connectivity index (χ1n) is 4.60. The van der Waals surface area contributed by atoms with E-state index in [9.17, 15) is 0 Å². The Morgan fingerprint density at radius 2 is 2.20 bits per heavy atom. The van der Waals surface area contributed by atoms with Crippen molar-refractivity contribution in [3.63, 3.8) is 0 Å². The van der Waals surface area contributed by atoms with Crippen LogP contribution in [-0.2, 0) is 13.1 Å². The number of rotatable bonds is 3. The number of nitrogens with two attached hydrogens (primary N) is 1. The standard InChI is InChI=1S/C10H11BrN4/c11-9-5-14-15(6-9)7-10-2-1-8(3-12)4-13-10/h1-2,4-6H,3,7,12H2. The van der Waals surface area contributed by atoms with Gasteiger partial charge in [-0.15, -0.1) is 0 Å². The first kappa shape index (κ1) is 10.3. The highest BCUT2D eigenvalue weighted by Crippen LogP contribution is 2.08. The Hall–Kier alpha value is -1.20. The van der Waals surface area contributed by atoms with Crippen LogP contribution in [-0.4, -0.2) is 14.8 Å². The van der Waals surface area contributed by atoms with E-state index in [2.05, 4.69) is 26.0 Å². The van der Waals surface area contributed by atoms with Gasteiger partial charge in [0.25, 0.3) is 0 Å². The SMILES string of the molecule is NCc1ccc(Cn2cc(Br)cn2)nc1. The van der Waals surface area contributed by atoms with Crippen LogP contribution in [0.5, 0.6) is 0 Å². The number of nitrogens with zero attached hydrogens (tertiary/aromatic N) is 3. The van der Waals surface area contributed by atoms with Crippen molar-refractivity contribution in [1.29, 1.82) is 0 Å². The van der Waals surface area contributed by atoms with Gasteiger partial charge < -0.3 is 5.73 Å². The molecule has 0 fully saturated rings. The molecule has 0 aromatic carbocycles. The Morgan fingerprint density at radius 3 is 2.73 bits per heavy atom. The maximum atomic E-state index is 5.49. The molecule has 15 heavy (non-hydrogen) atoms. The summed E-state index contributed by atoms with van der Waals surface area (Å²) in [6, 6.07) is 3.96. The van der Waals surface area contributed by atoms with Gasteiger partial charge in [0.15, 0.2) is 0 Å². The molecule has 0 saturated carbocycles. The van der Waals surface area contributed by atoms with Gasteiger partial charge in [0.1, 0.15) is 0 Å². The summed E-state index contributed by atoms with van der Waals surface area (Å²) in [5, 5.41) is 4.16. The van der Waals surface area contributed by atoms with Crippen LogP contribution >= 0.6 is 15.9 Å². The molecule has 0 bridgehead atoms. The Labute approximate surface area is 96.3 Å². The lowest BCUT2D eigenvalue weighted by Gasteiger charge is -2.01. The van der Waals surface area contributed by atoms with E-state index in [1.54, 1.807) is 12.4 Å². The highest BCUT2D eigenvalue weighted by Gasteiger charge is 1.98. The molecule has 0 spiro atoms. The minimum Gasteiger partial charge on any atom is -0.326 e. The van der Waals surface area contributed by atoms with E-state index in [1.165, 1.54) is 0 Å². The van der Waals surface area contributed by atoms with Crippen molar-refractivity contribution < 1.29 is 0 Å². The van der Waals surface area contributed by atoms with E-state index in [-0.39, 0.29) is 0 Å². The van der Waals surface area contributed by atoms with Crippen molar-refractivity contribution >= 4 is 15.9 Å². The van der Waals surface area contributed by atoms with E-state index in [1.807, 2.05) is 23.0 Å². The van der Waals surface area contributed by atoms with Gasteiger partial charge in [0.05, 0.1) is 22.9 Å². The molecule has 2 heterocycles. The van der Waals surface area contributed by atoms with E-state index in [0.29, 0.717) is 13.1 Å². The predicted molar refractivity (Wildman–Crippen MR) is 61.2 cm³/mol. The summed E-state index contributed by atoms with van der Waals surface area (Å²) in [7, 11) is 0. The largest absolute Gasteiger partial charge is 0.326 e. The molecular weight excluding hydrogens is 256 g/mol. The highest BCUT2D eigenvalue weighted by atomic mass is 79.9. The summed E-state index contributed by atoms with van der Waals surface area (Å²) in [5.41, 5.74) is 7.51. The number of pyridine rings is 1. The molecule has 5 heteroatoms. The van der Waals surface area contributed by atoms with Crippen molar-refractivity contribution in [1.82, 2.24) is 14.8 Å². The van der Waals surface area contributed by atoms with Gasteiger partial charge in [-0.05, 0) is 27.6 Å². The van der Waals surface area contributed by atoms with Gasteiger partial charge in [-0.1, -0.05) is 6.07 Å². The van der Waals surface area contributed by atoms with Crippen LogP contribution in [0.25, 0.3) is 0 Å². The zero-order valence-corrected chi connectivity index (χ0v) is 9.68. The summed E-state index contributed by atoms with van der Waals surface area (Å²) < 4.78 is 2.80. The lowest BCUT2D eigenvalue weighted by Crippen LogP contribution is -2.03. The molecule has 0 radical (unpaired) electrons. The lowest BCUT2D eigenvalue weighted by molar-refractivity contribution is 0.672. The van der Waals surface area contributed by atoms with E-state index >= 15 is 0 Å². The smallest absolute Gasteiger partial charge is 0.0831 e. The van der Waals surface area contributed by atoms with Crippen molar-refractivity contribution in [3.8, 4) is 0 Å². The number of hydrogen-bond donors (Lipinski definition) is 1. The molecule has 2 aromatic rings. The second-order valence-corrected chi connectivity index (χ2v) is 4.13. The normalized spacial score (nSPS) is 10.5. The minimum atomic E-state index is 0.528. The topological polar surface area (TPSA) is 56.7 Å². The average molecular weight is 267 g/mol. The maximum Gasteiger partial charge on any atom is 0.0831 e. The number of hydrogen-bond acceptors (Lipinski definition) is 3. The van der Waals surface area contributed by atoms with Crippen molar-refractivity contribution in [2.24, 2.45) is 5.73 Å². The minimum absolute atomic E-state index is 0.528. The Kier molecular flexibility index (Phi) is 3.13. The van der Waals surface area contributed by atoms with E-state index < -0.39 is 0 Å². The summed E-state index contributed by atoms with van der Waals surface area (Å²) in [5.74, 6) is 0. The molecular formula is C10H11BrN4. The van der Waals surface area contributed by atoms with E-state index in [4.69, 9.17) is 5.73 Å². The Morgan fingerprint density at radius 1 is 1.33 bits per heavy atom. The number of aromatic nitrogens is 3. The monoisotopic (exact) mass is 266 g/mol. The molecule has 0 saturated heterocycles. The fraction of sp³-hybridized carbons (Fsp3) is 0.200. The third-order valence-electron chi connectivity index (χ3n) is 2.05. The third-order valence-corrected chi connectivity index (χ3v) is 2.46. The van der Waals surface area contributed by atoms with Gasteiger partial charge in [-0.2, -0.15) is 5.10 Å². The quantitative estimate of drug-likeness (QED) is 0.917. The van der Waals surface area contributed by atoms with E-state index in [0.717, 1.165) is 15.7 Å². The summed E-state index contributed by atoms with van der Waals surface area (Å²) in [6.45, 7) is 1.21. The fourth-order valence-corrected chi connectivity index (χ4v) is 1.59. The van der Waals surface area contributed by atoms with Crippen LogP contribution in [0, 0.1) is 0 Å². The molecule has 78 valence electrons. The zero-order chi connectivity index (χ0) is 10.7. The van der Waals surface area contributed by atoms with Crippen molar-refractivity contribution in [2.75, 3.05) is 0 Å². The first-order chi connectivity index (χ1) is 7.28. The number of halogens is 1.